The summed E-state index contributed by atoms with van der Waals surface area (Å²) in [5.41, 5.74) is 7.91. The lowest BCUT2D eigenvalue weighted by Gasteiger charge is -2.03. The van der Waals surface area contributed by atoms with E-state index in [-0.39, 0.29) is 0 Å². The van der Waals surface area contributed by atoms with Crippen LogP contribution in [-0.4, -0.2) is 10.2 Å². The summed E-state index contributed by atoms with van der Waals surface area (Å²) < 4.78 is 0. The highest BCUT2D eigenvalue weighted by molar-refractivity contribution is 5.89. The third-order valence-electron chi connectivity index (χ3n) is 5.30. The maximum atomic E-state index is 4.26. The van der Waals surface area contributed by atoms with Crippen molar-refractivity contribution in [2.45, 2.75) is 102 Å². The molecule has 0 amide bonds. The average Bonchev–Trinajstić information content (AvgIpc) is 3.35. The molecule has 2 aromatic carbocycles. The van der Waals surface area contributed by atoms with Crippen LogP contribution in [0.2, 0.25) is 0 Å². The van der Waals surface area contributed by atoms with Crippen molar-refractivity contribution in [3.63, 3.8) is 0 Å². The highest BCUT2D eigenvalue weighted by Crippen LogP contribution is 2.19. The highest BCUT2D eigenvalue weighted by atomic mass is 15.1. The predicted octanol–water partition coefficient (Wildman–Crippen LogP) is 11.0. The normalized spacial score (nSPS) is 9.95. The van der Waals surface area contributed by atoms with Crippen molar-refractivity contribution in [2.24, 2.45) is 5.92 Å². The van der Waals surface area contributed by atoms with Crippen LogP contribution < -0.4 is 5.32 Å². The Morgan fingerprint density at radius 3 is 2.11 bits per heavy atom. The maximum Gasteiger partial charge on any atom is 0.115 e. The first-order chi connectivity index (χ1) is 18.1. The maximum absolute atomic E-state index is 4.26. The van der Waals surface area contributed by atoms with E-state index in [1.807, 2.05) is 51.2 Å². The summed E-state index contributed by atoms with van der Waals surface area (Å²) in [6.45, 7) is 31.1. The van der Waals surface area contributed by atoms with E-state index in [0.29, 0.717) is 0 Å². The standard InChI is InChI=1S/C14H15N3.C10H14.C6H14.C3H8.C2H6/c1-4-10(2)9-15-11(3)14-12-7-5-6-8-13(12)16-17-14;1-4-10-7-8(2)5-6-9(10)3;1-4-5-6(2)3;1-3-2;1-2/h4-9,15H,1,3H2,2H3,(H,16,17);5-7H,4H2,1-3H3;6H,4-5H2,1-3H3;3H2,1-2H3;1-2H3/b10-9+;;;;. The van der Waals surface area contributed by atoms with Gasteiger partial charge in [-0.2, -0.15) is 5.10 Å². The summed E-state index contributed by atoms with van der Waals surface area (Å²) in [5.74, 6) is 0.898. The van der Waals surface area contributed by atoms with Gasteiger partial charge in [0.2, 0.25) is 0 Å². The van der Waals surface area contributed by atoms with Gasteiger partial charge in [-0.3, -0.25) is 5.10 Å². The summed E-state index contributed by atoms with van der Waals surface area (Å²) >= 11 is 0. The van der Waals surface area contributed by atoms with Crippen LogP contribution in [0, 0.1) is 19.8 Å². The molecule has 3 nitrogen and oxygen atoms in total. The molecule has 0 bridgehead atoms. The number of rotatable bonds is 7. The Balaban J connectivity index is 0. The molecular weight excluding hydrogens is 462 g/mol. The molecule has 212 valence electrons. The lowest BCUT2D eigenvalue weighted by atomic mass is 10.0. The molecule has 1 aromatic heterocycles. The minimum absolute atomic E-state index is 0.767. The Morgan fingerprint density at radius 1 is 1.03 bits per heavy atom. The molecule has 0 aliphatic carbocycles. The molecule has 0 radical (unpaired) electrons. The van der Waals surface area contributed by atoms with Gasteiger partial charge in [0, 0.05) is 11.6 Å². The number of benzene rings is 2. The minimum Gasteiger partial charge on any atom is -0.360 e. The van der Waals surface area contributed by atoms with Gasteiger partial charge < -0.3 is 5.32 Å². The Hall–Kier alpha value is -3.07. The number of H-pyrrole nitrogens is 1. The largest absolute Gasteiger partial charge is 0.360 e. The van der Waals surface area contributed by atoms with Crippen molar-refractivity contribution in [2.75, 3.05) is 0 Å². The summed E-state index contributed by atoms with van der Waals surface area (Å²) in [5, 5.41) is 11.4. The summed E-state index contributed by atoms with van der Waals surface area (Å²) in [4.78, 5) is 0. The SMILES string of the molecule is C=C/C(C)=C/NC(=C)c1n[nH]c2ccccc12.CC.CCC.CCCC(C)C.CCc1cc(C)ccc1C. The van der Waals surface area contributed by atoms with Crippen LogP contribution in [0.5, 0.6) is 0 Å². The van der Waals surface area contributed by atoms with Crippen molar-refractivity contribution in [3.8, 4) is 0 Å². The van der Waals surface area contributed by atoms with Crippen molar-refractivity contribution in [3.05, 3.63) is 95.9 Å². The number of hydrogen-bond donors (Lipinski definition) is 2. The Labute approximate surface area is 235 Å². The fourth-order valence-electron chi connectivity index (χ4n) is 3.28. The smallest absolute Gasteiger partial charge is 0.115 e. The van der Waals surface area contributed by atoms with E-state index in [2.05, 4.69) is 102 Å². The summed E-state index contributed by atoms with van der Waals surface area (Å²) in [6.07, 6.45) is 8.74. The molecule has 0 aliphatic heterocycles. The van der Waals surface area contributed by atoms with Crippen LogP contribution >= 0.6 is 0 Å². The van der Waals surface area contributed by atoms with E-state index in [1.165, 1.54) is 36.0 Å². The van der Waals surface area contributed by atoms with Gasteiger partial charge >= 0.3 is 0 Å². The lowest BCUT2D eigenvalue weighted by molar-refractivity contribution is 0.576. The molecule has 3 heteroatoms. The molecule has 38 heavy (non-hydrogen) atoms. The number of nitrogens with zero attached hydrogens (tertiary/aromatic N) is 1. The van der Waals surface area contributed by atoms with Crippen LogP contribution in [0.25, 0.3) is 16.6 Å². The van der Waals surface area contributed by atoms with Crippen LogP contribution in [0.15, 0.2) is 73.5 Å². The fraction of sp³-hybridized carbons (Fsp3) is 0.457. The van der Waals surface area contributed by atoms with Gasteiger partial charge in [-0.15, -0.1) is 0 Å². The van der Waals surface area contributed by atoms with E-state index in [0.717, 1.165) is 40.2 Å². The molecule has 0 spiro atoms. The fourth-order valence-corrected chi connectivity index (χ4v) is 3.28. The number of aromatic amines is 1. The van der Waals surface area contributed by atoms with Crippen molar-refractivity contribution in [1.29, 1.82) is 0 Å². The topological polar surface area (TPSA) is 40.7 Å². The molecule has 0 unspecified atom stereocenters. The number of nitrogens with one attached hydrogen (secondary N) is 2. The highest BCUT2D eigenvalue weighted by Gasteiger charge is 2.06. The predicted molar refractivity (Wildman–Crippen MR) is 175 cm³/mol. The van der Waals surface area contributed by atoms with Crippen LogP contribution in [-0.2, 0) is 6.42 Å². The molecule has 0 atom stereocenters. The molecule has 0 saturated carbocycles. The van der Waals surface area contributed by atoms with Gasteiger partial charge in [0.25, 0.3) is 0 Å². The number of hydrogen-bond acceptors (Lipinski definition) is 2. The molecule has 0 aliphatic rings. The molecular formula is C35H57N3. The summed E-state index contributed by atoms with van der Waals surface area (Å²) in [6, 6.07) is 14.6. The molecule has 0 fully saturated rings. The van der Waals surface area contributed by atoms with Crippen LogP contribution in [0.3, 0.4) is 0 Å². The third-order valence-corrected chi connectivity index (χ3v) is 5.30. The Bertz CT molecular complexity index is 1050. The van der Waals surface area contributed by atoms with Crippen LogP contribution in [0.1, 0.15) is 104 Å². The van der Waals surface area contributed by atoms with Gasteiger partial charge in [-0.1, -0.05) is 136 Å². The zero-order chi connectivity index (χ0) is 29.5. The molecule has 3 rings (SSSR count). The van der Waals surface area contributed by atoms with E-state index in [9.17, 15) is 0 Å². The van der Waals surface area contributed by atoms with E-state index >= 15 is 0 Å². The minimum atomic E-state index is 0.767. The van der Waals surface area contributed by atoms with Crippen molar-refractivity contribution >= 4 is 16.6 Å². The number of fused-ring (bicyclic) bond motifs is 1. The van der Waals surface area contributed by atoms with Gasteiger partial charge in [-0.05, 0) is 55.9 Å². The lowest BCUT2D eigenvalue weighted by Crippen LogP contribution is -2.03. The summed E-state index contributed by atoms with van der Waals surface area (Å²) in [7, 11) is 0. The molecule has 0 saturated heterocycles. The second kappa shape index (κ2) is 23.1. The number of aryl methyl sites for hydroxylation is 3. The van der Waals surface area contributed by atoms with Gasteiger partial charge in [-0.25, -0.2) is 0 Å². The van der Waals surface area contributed by atoms with Crippen molar-refractivity contribution in [1.82, 2.24) is 15.5 Å². The second-order valence-electron chi connectivity index (χ2n) is 9.51. The quantitative estimate of drug-likeness (QED) is 0.305. The van der Waals surface area contributed by atoms with Gasteiger partial charge in [0.15, 0.2) is 0 Å². The number of aromatic nitrogens is 2. The van der Waals surface area contributed by atoms with Crippen LogP contribution in [0.4, 0.5) is 0 Å². The van der Waals surface area contributed by atoms with Gasteiger partial charge in [0.1, 0.15) is 5.69 Å². The molecule has 3 aromatic rings. The third kappa shape index (κ3) is 15.9. The average molecular weight is 520 g/mol. The Morgan fingerprint density at radius 2 is 1.63 bits per heavy atom. The first-order valence-corrected chi connectivity index (χ1v) is 14.4. The second-order valence-corrected chi connectivity index (χ2v) is 9.51. The molecule has 1 heterocycles. The number of para-hydroxylation sites is 1. The zero-order valence-corrected chi connectivity index (χ0v) is 26.5. The Kier molecular flexibility index (Phi) is 22.5. The van der Waals surface area contributed by atoms with E-state index < -0.39 is 0 Å². The monoisotopic (exact) mass is 519 g/mol. The van der Waals surface area contributed by atoms with Gasteiger partial charge in [0.05, 0.1) is 11.2 Å². The first kappa shape index (κ1) is 37.1. The zero-order valence-electron chi connectivity index (χ0n) is 26.5. The van der Waals surface area contributed by atoms with E-state index in [4.69, 9.17) is 0 Å². The first-order valence-electron chi connectivity index (χ1n) is 14.4. The van der Waals surface area contributed by atoms with Crippen molar-refractivity contribution < 1.29 is 0 Å². The van der Waals surface area contributed by atoms with E-state index in [1.54, 1.807) is 6.08 Å². The number of allylic oxidation sites excluding steroid dienone is 2. The molecule has 2 N–H and O–H groups in total.